The van der Waals surface area contributed by atoms with Crippen LogP contribution in [0.5, 0.6) is 0 Å². The molecule has 3 aromatic carbocycles. The summed E-state index contributed by atoms with van der Waals surface area (Å²) < 4.78 is 12.9. The lowest BCUT2D eigenvalue weighted by Crippen LogP contribution is -2.57. The highest BCUT2D eigenvalue weighted by Crippen LogP contribution is 2.61. The summed E-state index contributed by atoms with van der Waals surface area (Å²) in [6.07, 6.45) is 2.58. The van der Waals surface area contributed by atoms with Gasteiger partial charge >= 0.3 is 5.97 Å². The molecule has 0 saturated carbocycles. The van der Waals surface area contributed by atoms with Crippen molar-refractivity contribution in [1.29, 1.82) is 0 Å². The van der Waals surface area contributed by atoms with E-state index >= 15 is 4.79 Å². The first-order chi connectivity index (χ1) is 25.1. The number of likely N-dealkylation sites (tertiary alicyclic amines) is 1. The third-order valence-electron chi connectivity index (χ3n) is 10.1. The summed E-state index contributed by atoms with van der Waals surface area (Å²) in [5.74, 6) is -4.03. The molecule has 8 atom stereocenters. The van der Waals surface area contributed by atoms with Gasteiger partial charge in [0.2, 0.25) is 11.8 Å². The zero-order valence-corrected chi connectivity index (χ0v) is 30.8. The van der Waals surface area contributed by atoms with Crippen molar-refractivity contribution >= 4 is 56.9 Å². The number of alkyl halides is 1. The van der Waals surface area contributed by atoms with Crippen LogP contribution in [0.15, 0.2) is 110 Å². The Kier molecular flexibility index (Phi) is 11.6. The molecule has 3 aromatic rings. The zero-order chi connectivity index (χ0) is 37.0. The normalized spacial score (nSPS) is 25.6. The van der Waals surface area contributed by atoms with E-state index < -0.39 is 70.9 Å². The van der Waals surface area contributed by atoms with Crippen LogP contribution >= 0.6 is 27.5 Å². The van der Waals surface area contributed by atoms with E-state index in [4.69, 9.17) is 21.1 Å². The van der Waals surface area contributed by atoms with E-state index in [0.717, 1.165) is 0 Å². The van der Waals surface area contributed by atoms with E-state index in [1.165, 1.54) is 9.80 Å². The highest BCUT2D eigenvalue weighted by Gasteiger charge is 2.77. The number of aliphatic hydroxyl groups is 1. The van der Waals surface area contributed by atoms with E-state index in [1.54, 1.807) is 72.8 Å². The number of carbonyl (C=O) groups is 4. The van der Waals surface area contributed by atoms with Crippen molar-refractivity contribution in [3.63, 3.8) is 0 Å². The van der Waals surface area contributed by atoms with Gasteiger partial charge in [0.25, 0.3) is 5.91 Å². The minimum atomic E-state index is -1.44. The van der Waals surface area contributed by atoms with Crippen LogP contribution in [0.4, 0.5) is 5.69 Å². The second kappa shape index (κ2) is 16.2. The smallest absolute Gasteiger partial charge is 0.313 e. The van der Waals surface area contributed by atoms with Gasteiger partial charge in [-0.2, -0.15) is 0 Å². The van der Waals surface area contributed by atoms with Crippen LogP contribution < -0.4 is 10.2 Å². The summed E-state index contributed by atoms with van der Waals surface area (Å²) in [5, 5.41) is 14.2. The van der Waals surface area contributed by atoms with Gasteiger partial charge in [-0.25, -0.2) is 0 Å². The van der Waals surface area contributed by atoms with Crippen molar-refractivity contribution in [2.24, 2.45) is 11.8 Å². The van der Waals surface area contributed by atoms with Gasteiger partial charge in [-0.1, -0.05) is 100 Å². The monoisotopic (exact) mass is 789 g/mol. The molecule has 3 fully saturated rings. The lowest BCUT2D eigenvalue weighted by atomic mass is 9.70. The van der Waals surface area contributed by atoms with Crippen LogP contribution in [-0.2, 0) is 28.7 Å². The van der Waals surface area contributed by atoms with Crippen molar-refractivity contribution in [2.75, 3.05) is 24.6 Å². The molecule has 3 aliphatic heterocycles. The van der Waals surface area contributed by atoms with Crippen molar-refractivity contribution < 1.29 is 33.8 Å². The van der Waals surface area contributed by atoms with Gasteiger partial charge in [-0.05, 0) is 48.2 Å². The number of fused-ring (bicyclic) bond motifs is 1. The predicted molar refractivity (Wildman–Crippen MR) is 201 cm³/mol. The molecule has 2 N–H and O–H groups in total. The minimum absolute atomic E-state index is 0.0108. The lowest BCUT2D eigenvalue weighted by Gasteiger charge is -2.39. The number of hydrogen-bond donors (Lipinski definition) is 2. The molecule has 52 heavy (non-hydrogen) atoms. The molecule has 10 nitrogen and oxygen atoms in total. The third kappa shape index (κ3) is 7.07. The van der Waals surface area contributed by atoms with Crippen molar-refractivity contribution in [2.45, 2.75) is 54.0 Å². The number of carbonyl (C=O) groups excluding carboxylic acids is 4. The second-order valence-electron chi connectivity index (χ2n) is 13.2. The fraction of sp³-hybridized carbons (Fsp3) is 0.350. The van der Waals surface area contributed by atoms with Crippen LogP contribution in [0, 0.1) is 11.8 Å². The lowest BCUT2D eigenvalue weighted by molar-refractivity contribution is -0.160. The number of benzene rings is 3. The summed E-state index contributed by atoms with van der Waals surface area (Å²) in [7, 11) is 0. The molecule has 1 unspecified atom stereocenters. The summed E-state index contributed by atoms with van der Waals surface area (Å²) in [5.41, 5.74) is 0.372. The molecule has 0 aromatic heterocycles. The fourth-order valence-electron chi connectivity index (χ4n) is 7.84. The highest BCUT2D eigenvalue weighted by atomic mass is 79.9. The van der Waals surface area contributed by atoms with Crippen LogP contribution in [0.25, 0.3) is 0 Å². The number of halogens is 2. The Morgan fingerprint density at radius 3 is 2.31 bits per heavy atom. The maximum atomic E-state index is 15.0. The number of ether oxygens (including phenoxy) is 2. The number of allylic oxidation sites excluding steroid dienone is 1. The first kappa shape index (κ1) is 37.5. The number of esters is 1. The maximum absolute atomic E-state index is 15.0. The standard InChI is InChI=1S/C40H41BrClN3O7/c1-3-5-16-32(47)43-23-31(26-14-10-7-11-15-26)51-39(50)33-34-37(48)45(30(24-46)25-12-8-6-9-13-25)36(40(34)22-29(41)35(33)52-40)38(49)44(21-4-2)28-19-17-27(42)18-20-28/h3-4,6-15,17-20,29-31,33-36,46H,1-2,5,16,21-24H2,(H,43,47)/t29?,30-,31-,33+,34-,35+,36+,40-/m1/s1. The molecule has 0 radical (unpaired) electrons. The molecule has 272 valence electrons. The van der Waals surface area contributed by atoms with Crippen molar-refractivity contribution in [3.05, 3.63) is 126 Å². The molecular weight excluding hydrogens is 750 g/mol. The maximum Gasteiger partial charge on any atom is 0.313 e. The number of nitrogens with zero attached hydrogens (tertiary/aromatic N) is 2. The first-order valence-corrected chi connectivity index (χ1v) is 18.5. The fourth-order valence-corrected chi connectivity index (χ4v) is 8.91. The Hall–Kier alpha value is -4.29. The van der Waals surface area contributed by atoms with Gasteiger partial charge in [0.1, 0.15) is 17.7 Å². The van der Waals surface area contributed by atoms with E-state index in [1.807, 2.05) is 24.3 Å². The topological polar surface area (TPSA) is 125 Å². The Morgan fingerprint density at radius 1 is 1.04 bits per heavy atom. The number of hydrogen-bond acceptors (Lipinski definition) is 7. The molecule has 3 saturated heterocycles. The number of nitrogens with one attached hydrogen (secondary N) is 1. The molecule has 3 heterocycles. The third-order valence-corrected chi connectivity index (χ3v) is 11.2. The summed E-state index contributed by atoms with van der Waals surface area (Å²) in [6, 6.07) is 22.6. The zero-order valence-electron chi connectivity index (χ0n) is 28.5. The van der Waals surface area contributed by atoms with Gasteiger partial charge in [0.05, 0.1) is 37.1 Å². The molecule has 3 amide bonds. The van der Waals surface area contributed by atoms with E-state index in [9.17, 15) is 19.5 Å². The average molecular weight is 791 g/mol. The molecule has 12 heteroatoms. The Morgan fingerprint density at radius 2 is 1.69 bits per heavy atom. The Bertz CT molecular complexity index is 1800. The SMILES string of the molecule is C=CCCC(=O)NC[C@@H](OC(=O)[C@@H]1[C@H]2O[C@@]3(CC2Br)[C@H](C(=O)N(CC=C)c2ccc(Cl)cc2)N([C@H](CO)c2ccccc2)C(=O)[C@@H]13)c1ccccc1. The molecule has 2 bridgehead atoms. The molecule has 1 spiro atoms. The van der Waals surface area contributed by atoms with E-state index in [-0.39, 0.29) is 31.8 Å². The minimum Gasteiger partial charge on any atom is -0.455 e. The average Bonchev–Trinajstić information content (AvgIpc) is 3.76. The summed E-state index contributed by atoms with van der Waals surface area (Å²) >= 11 is 9.91. The quantitative estimate of drug-likeness (QED) is 0.115. The first-order valence-electron chi connectivity index (χ1n) is 17.3. The van der Waals surface area contributed by atoms with Crippen LogP contribution in [0.1, 0.15) is 42.5 Å². The molecule has 6 rings (SSSR count). The van der Waals surface area contributed by atoms with Gasteiger partial charge in [-0.3, -0.25) is 19.2 Å². The molecular formula is C40H41BrClN3O7. The number of rotatable bonds is 15. The second-order valence-corrected chi connectivity index (χ2v) is 14.8. The van der Waals surface area contributed by atoms with Crippen molar-refractivity contribution in [1.82, 2.24) is 10.2 Å². The van der Waals surface area contributed by atoms with Gasteiger partial charge < -0.3 is 29.7 Å². The largest absolute Gasteiger partial charge is 0.455 e. The molecule has 3 aliphatic rings. The summed E-state index contributed by atoms with van der Waals surface area (Å²) in [4.78, 5) is 59.5. The summed E-state index contributed by atoms with van der Waals surface area (Å²) in [6.45, 7) is 7.17. The Labute approximate surface area is 316 Å². The Balaban J connectivity index is 1.40. The number of anilines is 1. The number of amides is 3. The van der Waals surface area contributed by atoms with Gasteiger partial charge in [0.15, 0.2) is 0 Å². The van der Waals surface area contributed by atoms with Crippen molar-refractivity contribution in [3.8, 4) is 0 Å². The highest BCUT2D eigenvalue weighted by molar-refractivity contribution is 9.09. The number of aliphatic hydroxyl groups excluding tert-OH is 1. The van der Waals surface area contributed by atoms with Crippen LogP contribution in [-0.4, -0.2) is 76.0 Å². The van der Waals surface area contributed by atoms with Gasteiger partial charge in [-0.15, -0.1) is 13.2 Å². The van der Waals surface area contributed by atoms with Crippen LogP contribution in [0.3, 0.4) is 0 Å². The predicted octanol–water partition coefficient (Wildman–Crippen LogP) is 5.71. The van der Waals surface area contributed by atoms with Gasteiger partial charge in [0, 0.05) is 28.5 Å². The van der Waals surface area contributed by atoms with E-state index in [2.05, 4.69) is 34.4 Å². The molecule has 0 aliphatic carbocycles. The van der Waals surface area contributed by atoms with E-state index in [0.29, 0.717) is 28.3 Å². The van der Waals surface area contributed by atoms with Crippen LogP contribution in [0.2, 0.25) is 5.02 Å².